The summed E-state index contributed by atoms with van der Waals surface area (Å²) >= 11 is 12.2. The minimum absolute atomic E-state index is 0.0373. The van der Waals surface area contributed by atoms with Crippen molar-refractivity contribution in [2.24, 2.45) is 0 Å². The Bertz CT molecular complexity index is 1260. The second-order valence-corrected chi connectivity index (χ2v) is 9.00. The molecule has 4 rings (SSSR count). The first-order valence-electron chi connectivity index (χ1n) is 9.72. The van der Waals surface area contributed by atoms with E-state index in [1.165, 1.54) is 6.07 Å². The third kappa shape index (κ3) is 5.42. The number of thioether (sulfide) groups is 1. The molecule has 5 nitrogen and oxygen atoms in total. The van der Waals surface area contributed by atoms with Gasteiger partial charge in [0.25, 0.3) is 11.8 Å². The Morgan fingerprint density at radius 1 is 1.09 bits per heavy atom. The van der Waals surface area contributed by atoms with Crippen LogP contribution in [0.1, 0.15) is 21.5 Å². The van der Waals surface area contributed by atoms with Crippen LogP contribution in [0.25, 0.3) is 6.08 Å². The maximum absolute atomic E-state index is 13.9. The molecular formula is C24H16ClFN2O3S2. The molecule has 9 heteroatoms. The molecule has 1 aliphatic heterocycles. The molecule has 0 saturated carbocycles. The van der Waals surface area contributed by atoms with Gasteiger partial charge in [0.1, 0.15) is 18.2 Å². The first kappa shape index (κ1) is 23.0. The number of hydrogen-bond acceptors (Lipinski definition) is 5. The number of hydrogen-bond donors (Lipinski definition) is 1. The van der Waals surface area contributed by atoms with Crippen molar-refractivity contribution in [3.63, 3.8) is 0 Å². The Hall–Kier alpha value is -3.20. The summed E-state index contributed by atoms with van der Waals surface area (Å²) in [5, 5.41) is 1.53. The van der Waals surface area contributed by atoms with Crippen LogP contribution in [0.15, 0.2) is 77.7 Å². The Kier molecular flexibility index (Phi) is 7.08. The number of rotatable bonds is 6. The van der Waals surface area contributed by atoms with Gasteiger partial charge in [0, 0.05) is 21.7 Å². The number of hydrazine groups is 1. The molecule has 0 aliphatic carbocycles. The van der Waals surface area contributed by atoms with Gasteiger partial charge in [0.15, 0.2) is 4.32 Å². The summed E-state index contributed by atoms with van der Waals surface area (Å²) in [6.07, 6.45) is 1.63. The van der Waals surface area contributed by atoms with Crippen molar-refractivity contribution in [3.8, 4) is 5.75 Å². The molecule has 166 valence electrons. The molecule has 0 spiro atoms. The molecule has 0 unspecified atom stereocenters. The summed E-state index contributed by atoms with van der Waals surface area (Å²) in [5.74, 6) is -0.822. The molecule has 1 heterocycles. The van der Waals surface area contributed by atoms with Gasteiger partial charge in [-0.15, -0.1) is 0 Å². The summed E-state index contributed by atoms with van der Waals surface area (Å²) in [4.78, 5) is 25.7. The number of benzene rings is 3. The normalized spacial score (nSPS) is 14.6. The van der Waals surface area contributed by atoms with E-state index in [-0.39, 0.29) is 16.7 Å². The molecular weight excluding hydrogens is 483 g/mol. The molecule has 0 radical (unpaired) electrons. The van der Waals surface area contributed by atoms with Crippen molar-refractivity contribution in [1.82, 2.24) is 10.4 Å². The van der Waals surface area contributed by atoms with E-state index in [0.29, 0.717) is 32.4 Å². The highest BCUT2D eigenvalue weighted by atomic mass is 35.5. The SMILES string of the molecule is O=C(NN1C(=O)/C(=C\c2ccccc2OCc2ccccc2F)SC1=S)c1ccc(Cl)cc1. The maximum atomic E-state index is 13.9. The van der Waals surface area contributed by atoms with Crippen molar-refractivity contribution in [1.29, 1.82) is 0 Å². The van der Waals surface area contributed by atoms with Gasteiger partial charge in [0.2, 0.25) is 0 Å². The van der Waals surface area contributed by atoms with Gasteiger partial charge in [-0.25, -0.2) is 4.39 Å². The molecule has 0 aromatic heterocycles. The molecule has 3 aromatic rings. The van der Waals surface area contributed by atoms with E-state index in [1.54, 1.807) is 72.8 Å². The Balaban J connectivity index is 1.50. The van der Waals surface area contributed by atoms with Crippen LogP contribution >= 0.6 is 35.6 Å². The Morgan fingerprint density at radius 2 is 1.79 bits per heavy atom. The average molecular weight is 499 g/mol. The fourth-order valence-electron chi connectivity index (χ4n) is 2.97. The van der Waals surface area contributed by atoms with Gasteiger partial charge in [-0.05, 0) is 54.7 Å². The number of nitrogens with one attached hydrogen (secondary N) is 1. The lowest BCUT2D eigenvalue weighted by molar-refractivity contribution is -0.123. The zero-order chi connectivity index (χ0) is 23.4. The van der Waals surface area contributed by atoms with E-state index in [2.05, 4.69) is 5.43 Å². The lowest BCUT2D eigenvalue weighted by atomic mass is 10.1. The van der Waals surface area contributed by atoms with Gasteiger partial charge in [-0.2, -0.15) is 5.01 Å². The van der Waals surface area contributed by atoms with Gasteiger partial charge < -0.3 is 4.74 Å². The lowest BCUT2D eigenvalue weighted by Crippen LogP contribution is -2.44. The summed E-state index contributed by atoms with van der Waals surface area (Å²) in [7, 11) is 0. The van der Waals surface area contributed by atoms with Crippen molar-refractivity contribution < 1.29 is 18.7 Å². The minimum atomic E-state index is -0.488. The van der Waals surface area contributed by atoms with Crippen LogP contribution in [0.3, 0.4) is 0 Å². The number of carbonyl (C=O) groups is 2. The number of para-hydroxylation sites is 1. The molecule has 0 bridgehead atoms. The minimum Gasteiger partial charge on any atom is -0.488 e. The lowest BCUT2D eigenvalue weighted by Gasteiger charge is -2.15. The first-order valence-corrected chi connectivity index (χ1v) is 11.3. The molecule has 33 heavy (non-hydrogen) atoms. The summed E-state index contributed by atoms with van der Waals surface area (Å²) in [5.41, 5.74) is 3.90. The van der Waals surface area contributed by atoms with Crippen LogP contribution in [0.2, 0.25) is 5.02 Å². The third-order valence-electron chi connectivity index (χ3n) is 4.66. The van der Waals surface area contributed by atoms with Crippen molar-refractivity contribution in [2.75, 3.05) is 0 Å². The third-order valence-corrected chi connectivity index (χ3v) is 6.21. The molecule has 1 aliphatic rings. The number of carbonyl (C=O) groups excluding carboxylic acids is 2. The second-order valence-electron chi connectivity index (χ2n) is 6.88. The molecule has 3 aromatic carbocycles. The van der Waals surface area contributed by atoms with Crippen LogP contribution in [0.5, 0.6) is 5.75 Å². The molecule has 1 saturated heterocycles. The fourth-order valence-corrected chi connectivity index (χ4v) is 4.27. The molecule has 1 N–H and O–H groups in total. The van der Waals surface area contributed by atoms with Gasteiger partial charge >= 0.3 is 0 Å². The summed E-state index contributed by atoms with van der Waals surface area (Å²) < 4.78 is 19.9. The zero-order valence-corrected chi connectivity index (χ0v) is 19.3. The van der Waals surface area contributed by atoms with E-state index < -0.39 is 11.8 Å². The standard InChI is InChI=1S/C24H16ClFN2O3S2/c25-18-11-9-15(10-12-18)22(29)27-28-23(30)21(33-24(28)32)13-16-5-2-4-8-20(16)31-14-17-6-1-3-7-19(17)26/h1-13H,14H2,(H,27,29)/b21-13+. The van der Waals surface area contributed by atoms with Crippen LogP contribution in [-0.2, 0) is 11.4 Å². The smallest absolute Gasteiger partial charge is 0.285 e. The highest BCUT2D eigenvalue weighted by Crippen LogP contribution is 2.33. The predicted octanol–water partition coefficient (Wildman–Crippen LogP) is 5.60. The van der Waals surface area contributed by atoms with Crippen LogP contribution in [-0.4, -0.2) is 21.1 Å². The first-order chi connectivity index (χ1) is 15.9. The van der Waals surface area contributed by atoms with Crippen LogP contribution < -0.4 is 10.2 Å². The maximum Gasteiger partial charge on any atom is 0.285 e. The largest absolute Gasteiger partial charge is 0.488 e. The average Bonchev–Trinajstić information content (AvgIpc) is 3.07. The van der Waals surface area contributed by atoms with Crippen LogP contribution in [0, 0.1) is 5.82 Å². The Labute approximate surface area is 204 Å². The van der Waals surface area contributed by atoms with E-state index in [1.807, 2.05) is 0 Å². The molecule has 1 fully saturated rings. The summed E-state index contributed by atoms with van der Waals surface area (Å²) in [6, 6.07) is 19.7. The fraction of sp³-hybridized carbons (Fsp3) is 0.0417. The van der Waals surface area contributed by atoms with Gasteiger partial charge in [-0.3, -0.25) is 15.0 Å². The number of ether oxygens (including phenoxy) is 1. The predicted molar refractivity (Wildman–Crippen MR) is 131 cm³/mol. The highest BCUT2D eigenvalue weighted by molar-refractivity contribution is 8.26. The Morgan fingerprint density at radius 3 is 2.55 bits per heavy atom. The van der Waals surface area contributed by atoms with Crippen molar-refractivity contribution in [3.05, 3.63) is 105 Å². The topological polar surface area (TPSA) is 58.6 Å². The van der Waals surface area contributed by atoms with Crippen LogP contribution in [0.4, 0.5) is 4.39 Å². The highest BCUT2D eigenvalue weighted by Gasteiger charge is 2.34. The number of halogens is 2. The number of thiocarbonyl (C=S) groups is 1. The van der Waals surface area contributed by atoms with Crippen molar-refractivity contribution in [2.45, 2.75) is 6.61 Å². The quantitative estimate of drug-likeness (QED) is 0.354. The summed E-state index contributed by atoms with van der Waals surface area (Å²) in [6.45, 7) is 0.0373. The van der Waals surface area contributed by atoms with E-state index >= 15 is 0 Å². The van der Waals surface area contributed by atoms with E-state index in [0.717, 1.165) is 16.8 Å². The number of amides is 2. The van der Waals surface area contributed by atoms with Gasteiger partial charge in [-0.1, -0.05) is 59.8 Å². The van der Waals surface area contributed by atoms with Gasteiger partial charge in [0.05, 0.1) is 4.91 Å². The van der Waals surface area contributed by atoms with E-state index in [9.17, 15) is 14.0 Å². The van der Waals surface area contributed by atoms with Crippen molar-refractivity contribution >= 4 is 57.8 Å². The zero-order valence-electron chi connectivity index (χ0n) is 17.0. The van der Waals surface area contributed by atoms with E-state index in [4.69, 9.17) is 28.6 Å². The molecule has 2 amide bonds. The monoisotopic (exact) mass is 498 g/mol. The molecule has 0 atom stereocenters. The second kappa shape index (κ2) is 10.2. The number of nitrogens with zero attached hydrogens (tertiary/aromatic N) is 1.